The first-order chi connectivity index (χ1) is 14.4. The number of urea groups is 1. The van der Waals surface area contributed by atoms with Gasteiger partial charge in [0, 0.05) is 39.1 Å². The maximum atomic E-state index is 12.8. The standard InChI is InChI=1S/C25H33N3O2/c1-19(2)22-11-9-21(10-12-22)18-28(23-13-14-23)24(29)15-16-26-25(30)27(3)17-20-7-5-4-6-8-20/h4-12,19,23H,13-18H2,1-3H3,(H,26,30). The van der Waals surface area contributed by atoms with Gasteiger partial charge >= 0.3 is 6.03 Å². The summed E-state index contributed by atoms with van der Waals surface area (Å²) in [7, 11) is 1.77. The van der Waals surface area contributed by atoms with Gasteiger partial charge in [-0.2, -0.15) is 0 Å². The van der Waals surface area contributed by atoms with Crippen LogP contribution in [0, 0.1) is 0 Å². The minimum absolute atomic E-state index is 0.108. The summed E-state index contributed by atoms with van der Waals surface area (Å²) in [4.78, 5) is 28.7. The molecule has 0 bridgehead atoms. The molecule has 5 heteroatoms. The van der Waals surface area contributed by atoms with Crippen LogP contribution in [0.15, 0.2) is 54.6 Å². The van der Waals surface area contributed by atoms with Crippen molar-refractivity contribution in [2.75, 3.05) is 13.6 Å². The van der Waals surface area contributed by atoms with E-state index >= 15 is 0 Å². The third-order valence-electron chi connectivity index (χ3n) is 5.53. The molecule has 1 aliphatic carbocycles. The van der Waals surface area contributed by atoms with Crippen molar-refractivity contribution in [3.05, 3.63) is 71.3 Å². The quantitative estimate of drug-likeness (QED) is 0.664. The minimum atomic E-state index is -0.158. The van der Waals surface area contributed by atoms with E-state index in [4.69, 9.17) is 0 Å². The van der Waals surface area contributed by atoms with E-state index in [1.165, 1.54) is 5.56 Å². The van der Waals surface area contributed by atoms with Gasteiger partial charge in [0.25, 0.3) is 0 Å². The molecule has 0 radical (unpaired) electrons. The Morgan fingerprint density at radius 2 is 1.60 bits per heavy atom. The van der Waals surface area contributed by atoms with E-state index in [0.29, 0.717) is 38.0 Å². The number of hydrogen-bond acceptors (Lipinski definition) is 2. The lowest BCUT2D eigenvalue weighted by atomic mass is 10.0. The van der Waals surface area contributed by atoms with Gasteiger partial charge in [-0.1, -0.05) is 68.4 Å². The Morgan fingerprint density at radius 3 is 2.20 bits per heavy atom. The van der Waals surface area contributed by atoms with Gasteiger partial charge in [0.1, 0.15) is 0 Å². The smallest absolute Gasteiger partial charge is 0.317 e. The first-order valence-corrected chi connectivity index (χ1v) is 10.8. The van der Waals surface area contributed by atoms with E-state index in [2.05, 4.69) is 43.4 Å². The SMILES string of the molecule is CC(C)c1ccc(CN(C(=O)CCNC(=O)N(C)Cc2ccccc2)C2CC2)cc1. The predicted molar refractivity (Wildman–Crippen MR) is 120 cm³/mol. The number of rotatable bonds is 9. The summed E-state index contributed by atoms with van der Waals surface area (Å²) in [5.41, 5.74) is 3.55. The van der Waals surface area contributed by atoms with Crippen LogP contribution in [0.2, 0.25) is 0 Å². The summed E-state index contributed by atoms with van der Waals surface area (Å²) in [6.07, 6.45) is 2.47. The zero-order valence-corrected chi connectivity index (χ0v) is 18.3. The van der Waals surface area contributed by atoms with E-state index in [1.54, 1.807) is 11.9 Å². The van der Waals surface area contributed by atoms with Gasteiger partial charge < -0.3 is 15.1 Å². The van der Waals surface area contributed by atoms with Crippen molar-refractivity contribution in [3.8, 4) is 0 Å². The summed E-state index contributed by atoms with van der Waals surface area (Å²) < 4.78 is 0. The molecule has 0 aliphatic heterocycles. The van der Waals surface area contributed by atoms with Crippen molar-refractivity contribution in [1.29, 1.82) is 0 Å². The Morgan fingerprint density at radius 1 is 0.967 bits per heavy atom. The largest absolute Gasteiger partial charge is 0.337 e. The van der Waals surface area contributed by atoms with Crippen molar-refractivity contribution >= 4 is 11.9 Å². The van der Waals surface area contributed by atoms with Gasteiger partial charge in [-0.05, 0) is 35.4 Å². The van der Waals surface area contributed by atoms with Crippen LogP contribution in [0.1, 0.15) is 55.7 Å². The lowest BCUT2D eigenvalue weighted by Gasteiger charge is -2.23. The molecular weight excluding hydrogens is 374 g/mol. The highest BCUT2D eigenvalue weighted by molar-refractivity contribution is 5.78. The monoisotopic (exact) mass is 407 g/mol. The molecule has 0 aromatic heterocycles. The van der Waals surface area contributed by atoms with Gasteiger partial charge in [0.2, 0.25) is 5.91 Å². The number of nitrogens with zero attached hydrogens (tertiary/aromatic N) is 2. The molecular formula is C25H33N3O2. The molecule has 160 valence electrons. The molecule has 2 aromatic rings. The normalized spacial score (nSPS) is 13.2. The highest BCUT2D eigenvalue weighted by Crippen LogP contribution is 2.29. The molecule has 0 heterocycles. The Bertz CT molecular complexity index is 829. The van der Waals surface area contributed by atoms with Crippen molar-refractivity contribution in [2.45, 2.75) is 58.2 Å². The van der Waals surface area contributed by atoms with Crippen LogP contribution in [-0.4, -0.2) is 41.4 Å². The minimum Gasteiger partial charge on any atom is -0.337 e. The number of nitrogens with one attached hydrogen (secondary N) is 1. The lowest BCUT2D eigenvalue weighted by Crippen LogP contribution is -2.40. The summed E-state index contributed by atoms with van der Waals surface area (Å²) in [6, 6.07) is 18.6. The molecule has 1 N–H and O–H groups in total. The fourth-order valence-corrected chi connectivity index (χ4v) is 3.50. The van der Waals surface area contributed by atoms with Gasteiger partial charge in [0.05, 0.1) is 0 Å². The predicted octanol–water partition coefficient (Wildman–Crippen LogP) is 4.53. The van der Waals surface area contributed by atoms with E-state index < -0.39 is 0 Å². The summed E-state index contributed by atoms with van der Waals surface area (Å²) in [6.45, 7) is 5.90. The first kappa shape index (κ1) is 21.9. The van der Waals surface area contributed by atoms with Crippen LogP contribution in [0.5, 0.6) is 0 Å². The van der Waals surface area contributed by atoms with Crippen LogP contribution in [-0.2, 0) is 17.9 Å². The second kappa shape index (κ2) is 10.3. The number of benzene rings is 2. The van der Waals surface area contributed by atoms with Crippen LogP contribution in [0.25, 0.3) is 0 Å². The number of carbonyl (C=O) groups is 2. The molecule has 30 heavy (non-hydrogen) atoms. The Labute approximate surface area is 180 Å². The number of carbonyl (C=O) groups excluding carboxylic acids is 2. The van der Waals surface area contributed by atoms with Crippen LogP contribution < -0.4 is 5.32 Å². The van der Waals surface area contributed by atoms with Crippen molar-refractivity contribution < 1.29 is 9.59 Å². The van der Waals surface area contributed by atoms with Crippen LogP contribution in [0.4, 0.5) is 4.79 Å². The summed E-state index contributed by atoms with van der Waals surface area (Å²) in [5, 5.41) is 2.87. The fourth-order valence-electron chi connectivity index (χ4n) is 3.50. The zero-order valence-electron chi connectivity index (χ0n) is 18.3. The Hall–Kier alpha value is -2.82. The van der Waals surface area contributed by atoms with E-state index in [-0.39, 0.29) is 11.9 Å². The van der Waals surface area contributed by atoms with Gasteiger partial charge in [0.15, 0.2) is 0 Å². The molecule has 0 spiro atoms. The molecule has 1 fully saturated rings. The van der Waals surface area contributed by atoms with Crippen LogP contribution >= 0.6 is 0 Å². The molecule has 2 aromatic carbocycles. The van der Waals surface area contributed by atoms with Gasteiger partial charge in [-0.25, -0.2) is 4.79 Å². The molecule has 0 atom stereocenters. The van der Waals surface area contributed by atoms with E-state index in [0.717, 1.165) is 24.0 Å². The number of hydrogen-bond donors (Lipinski definition) is 1. The molecule has 5 nitrogen and oxygen atoms in total. The van der Waals surface area contributed by atoms with Crippen molar-refractivity contribution in [1.82, 2.24) is 15.1 Å². The fraction of sp³-hybridized carbons (Fsp3) is 0.440. The number of amides is 3. The van der Waals surface area contributed by atoms with Crippen LogP contribution in [0.3, 0.4) is 0 Å². The van der Waals surface area contributed by atoms with Gasteiger partial charge in [-0.3, -0.25) is 4.79 Å². The van der Waals surface area contributed by atoms with E-state index in [1.807, 2.05) is 35.2 Å². The molecule has 0 unspecified atom stereocenters. The average Bonchev–Trinajstić information content (AvgIpc) is 3.58. The van der Waals surface area contributed by atoms with Crippen molar-refractivity contribution in [2.24, 2.45) is 0 Å². The molecule has 1 saturated carbocycles. The molecule has 0 saturated heterocycles. The summed E-state index contributed by atoms with van der Waals surface area (Å²) >= 11 is 0. The summed E-state index contributed by atoms with van der Waals surface area (Å²) in [5.74, 6) is 0.611. The topological polar surface area (TPSA) is 52.7 Å². The Balaban J connectivity index is 1.46. The van der Waals surface area contributed by atoms with Crippen molar-refractivity contribution in [3.63, 3.8) is 0 Å². The highest BCUT2D eigenvalue weighted by Gasteiger charge is 2.32. The average molecular weight is 408 g/mol. The molecule has 3 rings (SSSR count). The lowest BCUT2D eigenvalue weighted by molar-refractivity contribution is -0.132. The second-order valence-electron chi connectivity index (χ2n) is 8.47. The first-order valence-electron chi connectivity index (χ1n) is 10.8. The zero-order chi connectivity index (χ0) is 21.5. The maximum Gasteiger partial charge on any atom is 0.317 e. The maximum absolute atomic E-state index is 12.8. The third kappa shape index (κ3) is 6.34. The third-order valence-corrected chi connectivity index (χ3v) is 5.53. The Kier molecular flexibility index (Phi) is 7.50. The second-order valence-corrected chi connectivity index (χ2v) is 8.47. The molecule has 3 amide bonds. The van der Waals surface area contributed by atoms with Gasteiger partial charge in [-0.15, -0.1) is 0 Å². The van der Waals surface area contributed by atoms with E-state index in [9.17, 15) is 9.59 Å². The molecule has 1 aliphatic rings. The highest BCUT2D eigenvalue weighted by atomic mass is 16.2.